The topological polar surface area (TPSA) is 51.8 Å². The Morgan fingerprint density at radius 3 is 1.71 bits per heavy atom. The highest BCUT2D eigenvalue weighted by Crippen LogP contribution is 2.47. The third-order valence-corrected chi connectivity index (χ3v) is 14.1. The van der Waals surface area contributed by atoms with Gasteiger partial charge in [0.05, 0.1) is 0 Å². The zero-order valence-electron chi connectivity index (χ0n) is 37.4. The van der Waals surface area contributed by atoms with Gasteiger partial charge in [0.1, 0.15) is 17.0 Å². The van der Waals surface area contributed by atoms with Crippen LogP contribution < -0.4 is 0 Å². The summed E-state index contributed by atoms with van der Waals surface area (Å²) in [5.41, 5.74) is 13.6. The molecule has 9 aromatic carbocycles. The third-order valence-electron chi connectivity index (χ3n) is 14.1. The Kier molecular flexibility index (Phi) is 9.15. The van der Waals surface area contributed by atoms with E-state index >= 15 is 0 Å². The van der Waals surface area contributed by atoms with Gasteiger partial charge in [-0.1, -0.05) is 167 Å². The van der Waals surface area contributed by atoms with Crippen molar-refractivity contribution in [1.82, 2.24) is 15.0 Å². The lowest BCUT2D eigenvalue weighted by atomic mass is 9.63. The van der Waals surface area contributed by atoms with Gasteiger partial charge in [0.25, 0.3) is 0 Å². The minimum absolute atomic E-state index is 0.0980. The van der Waals surface area contributed by atoms with E-state index in [9.17, 15) is 4.39 Å². The fourth-order valence-electron chi connectivity index (χ4n) is 10.2. The first-order valence-corrected chi connectivity index (χ1v) is 22.8. The van der Waals surface area contributed by atoms with Crippen molar-refractivity contribution in [3.05, 3.63) is 199 Å². The number of nitrogens with zero attached hydrogens (tertiary/aromatic N) is 3. The number of hydrogen-bond acceptors (Lipinski definition) is 4. The van der Waals surface area contributed by atoms with Gasteiger partial charge in [0.2, 0.25) is 0 Å². The van der Waals surface area contributed by atoms with E-state index in [4.69, 9.17) is 19.4 Å². The molecule has 0 spiro atoms. The second-order valence-corrected chi connectivity index (χ2v) is 19.2. The maximum atomic E-state index is 13.8. The molecule has 0 aliphatic heterocycles. The highest BCUT2D eigenvalue weighted by Gasteiger charge is 2.37. The summed E-state index contributed by atoms with van der Waals surface area (Å²) in [6.07, 6.45) is 2.34. The molecule has 0 amide bonds. The molecular weight excluding hydrogens is 810 g/mol. The molecule has 0 fully saturated rings. The predicted molar refractivity (Wildman–Crippen MR) is 270 cm³/mol. The van der Waals surface area contributed by atoms with Crippen LogP contribution in [0, 0.1) is 5.82 Å². The Morgan fingerprint density at radius 1 is 0.394 bits per heavy atom. The largest absolute Gasteiger partial charge is 0.455 e. The molecule has 1 aliphatic rings. The zero-order chi connectivity index (χ0) is 44.7. The minimum Gasteiger partial charge on any atom is -0.455 e. The van der Waals surface area contributed by atoms with Crippen LogP contribution in [-0.2, 0) is 10.8 Å². The number of para-hydroxylation sites is 1. The van der Waals surface area contributed by atoms with Crippen molar-refractivity contribution in [1.29, 1.82) is 0 Å². The van der Waals surface area contributed by atoms with Gasteiger partial charge in [-0.25, -0.2) is 19.3 Å². The lowest BCUT2D eigenvalue weighted by molar-refractivity contribution is 0.332. The van der Waals surface area contributed by atoms with Crippen molar-refractivity contribution in [2.24, 2.45) is 0 Å². The van der Waals surface area contributed by atoms with Gasteiger partial charge < -0.3 is 4.42 Å². The summed E-state index contributed by atoms with van der Waals surface area (Å²) in [5.74, 6) is 1.42. The molecule has 5 heteroatoms. The first-order chi connectivity index (χ1) is 32.0. The molecule has 0 radical (unpaired) electrons. The summed E-state index contributed by atoms with van der Waals surface area (Å²) in [7, 11) is 0. The molecule has 0 atom stereocenters. The predicted octanol–water partition coefficient (Wildman–Crippen LogP) is 16.6. The molecule has 1 aliphatic carbocycles. The Hall–Kier alpha value is -7.76. The molecule has 0 N–H and O–H groups in total. The van der Waals surface area contributed by atoms with Gasteiger partial charge in [-0.05, 0) is 127 Å². The van der Waals surface area contributed by atoms with Crippen LogP contribution in [0.5, 0.6) is 0 Å². The second kappa shape index (κ2) is 15.2. The Bertz CT molecular complexity index is 3710. The summed E-state index contributed by atoms with van der Waals surface area (Å²) in [6, 6.07) is 62.4. The van der Waals surface area contributed by atoms with Gasteiger partial charge in [-0.15, -0.1) is 0 Å². The molecule has 0 saturated heterocycles. The fourth-order valence-corrected chi connectivity index (χ4v) is 10.2. The summed E-state index contributed by atoms with van der Waals surface area (Å²) >= 11 is 0. The molecule has 0 unspecified atom stereocenters. The number of benzene rings is 9. The van der Waals surface area contributed by atoms with Crippen LogP contribution >= 0.6 is 0 Å². The van der Waals surface area contributed by atoms with Gasteiger partial charge in [0, 0.05) is 33.0 Å². The molecule has 12 rings (SSSR count). The van der Waals surface area contributed by atoms with E-state index in [1.54, 1.807) is 12.1 Å². The molecule has 2 aromatic heterocycles. The van der Waals surface area contributed by atoms with E-state index in [2.05, 4.69) is 149 Å². The molecule has 2 heterocycles. The minimum atomic E-state index is -0.262. The third kappa shape index (κ3) is 6.85. The van der Waals surface area contributed by atoms with E-state index < -0.39 is 0 Å². The Morgan fingerprint density at radius 2 is 0.939 bits per heavy atom. The lowest BCUT2D eigenvalue weighted by Crippen LogP contribution is -2.33. The van der Waals surface area contributed by atoms with Crippen LogP contribution in [0.15, 0.2) is 186 Å². The van der Waals surface area contributed by atoms with Gasteiger partial charge in [-0.3, -0.25) is 0 Å². The van der Waals surface area contributed by atoms with Crippen LogP contribution in [0.25, 0.3) is 111 Å². The molecule has 0 saturated carbocycles. The van der Waals surface area contributed by atoms with Crippen molar-refractivity contribution >= 4 is 43.5 Å². The number of hydrogen-bond donors (Lipinski definition) is 0. The molecular formula is C61H46FN3O. The van der Waals surface area contributed by atoms with Crippen LogP contribution in [-0.4, -0.2) is 15.0 Å². The molecule has 318 valence electrons. The maximum absolute atomic E-state index is 13.8. The average Bonchev–Trinajstić information content (AvgIpc) is 3.74. The highest BCUT2D eigenvalue weighted by molar-refractivity contribution is 6.12. The number of furan rings is 1. The summed E-state index contributed by atoms with van der Waals surface area (Å²) in [6.45, 7) is 9.52. The van der Waals surface area contributed by atoms with E-state index in [1.165, 1.54) is 46.0 Å². The molecule has 66 heavy (non-hydrogen) atoms. The van der Waals surface area contributed by atoms with Crippen LogP contribution in [0.3, 0.4) is 0 Å². The van der Waals surface area contributed by atoms with Crippen LogP contribution in [0.1, 0.15) is 51.7 Å². The average molecular weight is 856 g/mol. The van der Waals surface area contributed by atoms with Crippen molar-refractivity contribution in [3.8, 4) is 67.5 Å². The smallest absolute Gasteiger partial charge is 0.164 e. The monoisotopic (exact) mass is 855 g/mol. The molecule has 4 nitrogen and oxygen atoms in total. The SMILES string of the molecule is CC1(C)CCC(C)(C)c2cc(-c3cccc(-c4cc(-c5nc(-c6ccc(-c7ccc(F)cc7)cc6)nc(-c6ccc7ccc8ccccc8c7c6)n5)cc5c4oc4ccccc45)c3)ccc21. The van der Waals surface area contributed by atoms with Gasteiger partial charge in [0.15, 0.2) is 17.5 Å². The van der Waals surface area contributed by atoms with E-state index in [1.807, 2.05) is 36.4 Å². The van der Waals surface area contributed by atoms with E-state index in [-0.39, 0.29) is 16.6 Å². The van der Waals surface area contributed by atoms with Crippen molar-refractivity contribution in [2.75, 3.05) is 0 Å². The number of fused-ring (bicyclic) bond motifs is 7. The van der Waals surface area contributed by atoms with Crippen LogP contribution in [0.4, 0.5) is 4.39 Å². The van der Waals surface area contributed by atoms with Crippen molar-refractivity contribution in [2.45, 2.75) is 51.4 Å². The van der Waals surface area contributed by atoms with E-state index in [0.29, 0.717) is 17.5 Å². The number of aromatic nitrogens is 3. The first kappa shape index (κ1) is 39.8. The standard InChI is InChI=1S/C61H46FN3O/c1-60(2)30-31-61(3,4)54-36-43(26-29-53(54)60)42-11-9-12-44(32-42)51-34-46(35-52-49-14-7-8-15-55(49)66-56(51)52)59-64-57(41-21-16-37(17-22-41)38-24-27-47(62)28-25-38)63-58(65-59)45-23-20-40-19-18-39-10-5-6-13-48(39)50(40)33-45/h5-29,32-36H,30-31H2,1-4H3. The quantitative estimate of drug-likeness (QED) is 0.156. The Balaban J connectivity index is 1.04. The second-order valence-electron chi connectivity index (χ2n) is 19.2. The summed E-state index contributed by atoms with van der Waals surface area (Å²) < 4.78 is 20.6. The molecule has 11 aromatic rings. The first-order valence-electron chi connectivity index (χ1n) is 22.8. The summed E-state index contributed by atoms with van der Waals surface area (Å²) in [5, 5.41) is 6.66. The normalized spacial score (nSPS) is 14.3. The van der Waals surface area contributed by atoms with E-state index in [0.717, 1.165) is 83.6 Å². The maximum Gasteiger partial charge on any atom is 0.164 e. The lowest BCUT2D eigenvalue weighted by Gasteiger charge is -2.42. The fraction of sp³-hybridized carbons (Fsp3) is 0.131. The number of rotatable bonds is 6. The van der Waals surface area contributed by atoms with Crippen LogP contribution in [0.2, 0.25) is 0 Å². The van der Waals surface area contributed by atoms with Crippen molar-refractivity contribution < 1.29 is 8.81 Å². The molecule has 0 bridgehead atoms. The Labute approximate surface area is 383 Å². The van der Waals surface area contributed by atoms with Gasteiger partial charge >= 0.3 is 0 Å². The van der Waals surface area contributed by atoms with Crippen molar-refractivity contribution in [3.63, 3.8) is 0 Å². The van der Waals surface area contributed by atoms with Gasteiger partial charge in [-0.2, -0.15) is 0 Å². The summed E-state index contributed by atoms with van der Waals surface area (Å²) in [4.78, 5) is 15.8. The zero-order valence-corrected chi connectivity index (χ0v) is 37.4. The number of halogens is 1. The highest BCUT2D eigenvalue weighted by atomic mass is 19.1.